The first-order chi connectivity index (χ1) is 8.18. The van der Waals surface area contributed by atoms with Crippen LogP contribution in [0.25, 0.3) is 0 Å². The minimum absolute atomic E-state index is 0.268. The Morgan fingerprint density at radius 2 is 2.06 bits per heavy atom. The topological polar surface area (TPSA) is 29.5 Å². The first kappa shape index (κ1) is 12.6. The number of hydrogen-bond donors (Lipinski definition) is 1. The van der Waals surface area contributed by atoms with Crippen molar-refractivity contribution < 1.29 is 9.84 Å². The van der Waals surface area contributed by atoms with E-state index < -0.39 is 0 Å². The average molecular weight is 234 g/mol. The van der Waals surface area contributed by atoms with Gasteiger partial charge in [0.1, 0.15) is 0 Å². The second-order valence-corrected chi connectivity index (χ2v) is 5.12. The summed E-state index contributed by atoms with van der Waals surface area (Å²) in [5.74, 6) is 0.308. The fourth-order valence-electron chi connectivity index (χ4n) is 2.62. The van der Waals surface area contributed by atoms with Crippen LogP contribution in [0.4, 0.5) is 0 Å². The van der Waals surface area contributed by atoms with E-state index >= 15 is 0 Å². The molecule has 0 bridgehead atoms. The summed E-state index contributed by atoms with van der Waals surface area (Å²) in [7, 11) is 0. The first-order valence-corrected chi connectivity index (χ1v) is 6.49. The zero-order valence-corrected chi connectivity index (χ0v) is 10.8. The molecule has 0 aliphatic carbocycles. The van der Waals surface area contributed by atoms with Crippen molar-refractivity contribution in [3.63, 3.8) is 0 Å². The lowest BCUT2D eigenvalue weighted by molar-refractivity contribution is -0.00857. The van der Waals surface area contributed by atoms with Crippen LogP contribution in [0.15, 0.2) is 18.2 Å². The second kappa shape index (κ2) is 5.65. The van der Waals surface area contributed by atoms with Crippen molar-refractivity contribution >= 4 is 0 Å². The van der Waals surface area contributed by atoms with Crippen LogP contribution in [-0.4, -0.2) is 24.4 Å². The predicted molar refractivity (Wildman–Crippen MR) is 69.2 cm³/mol. The fraction of sp³-hybridized carbons (Fsp3) is 0.600. The summed E-state index contributed by atoms with van der Waals surface area (Å²) in [5, 5.41) is 10.3. The number of aliphatic hydroxyl groups excluding tert-OH is 1. The van der Waals surface area contributed by atoms with Gasteiger partial charge in [0, 0.05) is 12.5 Å². The van der Waals surface area contributed by atoms with E-state index in [2.05, 4.69) is 32.0 Å². The molecule has 1 heterocycles. The second-order valence-electron chi connectivity index (χ2n) is 5.12. The van der Waals surface area contributed by atoms with Gasteiger partial charge in [0.15, 0.2) is 0 Å². The Morgan fingerprint density at radius 3 is 2.65 bits per heavy atom. The van der Waals surface area contributed by atoms with E-state index in [1.807, 2.05) is 0 Å². The largest absolute Gasteiger partial charge is 0.392 e. The Kier molecular flexibility index (Phi) is 4.19. The maximum absolute atomic E-state index is 10.3. The van der Waals surface area contributed by atoms with Gasteiger partial charge in [-0.2, -0.15) is 0 Å². The number of aryl methyl sites for hydroxylation is 2. The van der Waals surface area contributed by atoms with Gasteiger partial charge in [-0.15, -0.1) is 0 Å². The Balaban J connectivity index is 2.04. The molecule has 1 N–H and O–H groups in total. The summed E-state index contributed by atoms with van der Waals surface area (Å²) in [5.41, 5.74) is 3.85. The molecule has 17 heavy (non-hydrogen) atoms. The van der Waals surface area contributed by atoms with Crippen molar-refractivity contribution in [2.45, 2.75) is 39.2 Å². The Hall–Kier alpha value is -0.860. The lowest BCUT2D eigenvalue weighted by Crippen LogP contribution is -2.30. The van der Waals surface area contributed by atoms with Gasteiger partial charge >= 0.3 is 0 Å². The fourth-order valence-corrected chi connectivity index (χ4v) is 2.62. The van der Waals surface area contributed by atoms with Gasteiger partial charge in [0.2, 0.25) is 0 Å². The molecule has 2 nitrogen and oxygen atoms in total. The number of hydrogen-bond acceptors (Lipinski definition) is 2. The molecular weight excluding hydrogens is 212 g/mol. The van der Waals surface area contributed by atoms with E-state index in [0.717, 1.165) is 25.9 Å². The summed E-state index contributed by atoms with van der Waals surface area (Å²) in [4.78, 5) is 0. The average Bonchev–Trinajstić information content (AvgIpc) is 2.35. The molecule has 0 amide bonds. The highest BCUT2D eigenvalue weighted by molar-refractivity contribution is 5.34. The van der Waals surface area contributed by atoms with E-state index in [1.54, 1.807) is 0 Å². The Labute approximate surface area is 104 Å². The van der Waals surface area contributed by atoms with Crippen LogP contribution in [0.2, 0.25) is 0 Å². The van der Waals surface area contributed by atoms with Crippen LogP contribution in [-0.2, 0) is 11.2 Å². The third kappa shape index (κ3) is 3.08. The van der Waals surface area contributed by atoms with Crippen molar-refractivity contribution in [3.05, 3.63) is 34.9 Å². The van der Waals surface area contributed by atoms with Crippen molar-refractivity contribution in [2.24, 2.45) is 5.92 Å². The number of rotatable bonds is 3. The summed E-state index contributed by atoms with van der Waals surface area (Å²) < 4.78 is 5.44. The van der Waals surface area contributed by atoms with Crippen LogP contribution in [0.3, 0.4) is 0 Å². The zero-order chi connectivity index (χ0) is 12.3. The molecule has 1 aliphatic rings. The Morgan fingerprint density at radius 1 is 1.35 bits per heavy atom. The molecule has 0 spiro atoms. The van der Waals surface area contributed by atoms with Crippen LogP contribution < -0.4 is 0 Å². The Bertz CT molecular complexity index is 347. The molecule has 1 aromatic carbocycles. The van der Waals surface area contributed by atoms with E-state index in [0.29, 0.717) is 12.5 Å². The maximum atomic E-state index is 10.3. The number of benzene rings is 1. The van der Waals surface area contributed by atoms with E-state index in [9.17, 15) is 5.11 Å². The highest BCUT2D eigenvalue weighted by atomic mass is 16.5. The molecule has 2 atom stereocenters. The highest BCUT2D eigenvalue weighted by Crippen LogP contribution is 2.23. The summed E-state index contributed by atoms with van der Waals surface area (Å²) in [6.45, 7) is 5.80. The molecule has 2 unspecified atom stereocenters. The molecule has 1 aromatic rings. The van der Waals surface area contributed by atoms with Crippen LogP contribution in [0, 0.1) is 19.8 Å². The standard InChI is InChI=1S/C15H22O2/c1-11-5-3-6-12(2)14(11)9-15(16)13-7-4-8-17-10-13/h3,5-6,13,15-16H,4,7-10H2,1-2H3. The van der Waals surface area contributed by atoms with E-state index in [-0.39, 0.29) is 6.10 Å². The number of ether oxygens (including phenoxy) is 1. The molecule has 0 saturated carbocycles. The smallest absolute Gasteiger partial charge is 0.0630 e. The quantitative estimate of drug-likeness (QED) is 0.871. The molecule has 94 valence electrons. The summed E-state index contributed by atoms with van der Waals surface area (Å²) >= 11 is 0. The lowest BCUT2D eigenvalue weighted by Gasteiger charge is -2.27. The summed E-state index contributed by atoms with van der Waals surface area (Å²) in [6.07, 6.45) is 2.66. The van der Waals surface area contributed by atoms with Crippen LogP contribution in [0.5, 0.6) is 0 Å². The highest BCUT2D eigenvalue weighted by Gasteiger charge is 2.23. The van der Waals surface area contributed by atoms with Crippen LogP contribution >= 0.6 is 0 Å². The van der Waals surface area contributed by atoms with Crippen molar-refractivity contribution in [2.75, 3.05) is 13.2 Å². The van der Waals surface area contributed by atoms with E-state index in [1.165, 1.54) is 16.7 Å². The predicted octanol–water partition coefficient (Wildman–Crippen LogP) is 2.63. The first-order valence-electron chi connectivity index (χ1n) is 6.49. The third-order valence-corrected chi connectivity index (χ3v) is 3.80. The minimum Gasteiger partial charge on any atom is -0.392 e. The van der Waals surface area contributed by atoms with Crippen molar-refractivity contribution in [1.29, 1.82) is 0 Å². The lowest BCUT2D eigenvalue weighted by atomic mass is 9.89. The molecule has 1 saturated heterocycles. The van der Waals surface area contributed by atoms with Gasteiger partial charge in [-0.25, -0.2) is 0 Å². The van der Waals surface area contributed by atoms with Crippen molar-refractivity contribution in [1.82, 2.24) is 0 Å². The molecule has 1 fully saturated rings. The maximum Gasteiger partial charge on any atom is 0.0630 e. The summed E-state index contributed by atoms with van der Waals surface area (Å²) in [6, 6.07) is 6.31. The molecular formula is C15H22O2. The van der Waals surface area contributed by atoms with Gasteiger partial charge in [-0.05, 0) is 49.8 Å². The van der Waals surface area contributed by atoms with Crippen molar-refractivity contribution in [3.8, 4) is 0 Å². The molecule has 2 heteroatoms. The van der Waals surface area contributed by atoms with Gasteiger partial charge in [-0.1, -0.05) is 18.2 Å². The molecule has 1 aliphatic heterocycles. The normalized spacial score (nSPS) is 22.4. The third-order valence-electron chi connectivity index (χ3n) is 3.80. The molecule has 2 rings (SSSR count). The zero-order valence-electron chi connectivity index (χ0n) is 10.8. The monoisotopic (exact) mass is 234 g/mol. The van der Waals surface area contributed by atoms with Gasteiger partial charge in [0.25, 0.3) is 0 Å². The SMILES string of the molecule is Cc1cccc(C)c1CC(O)C1CCCOC1. The molecule has 0 aromatic heterocycles. The number of aliphatic hydroxyl groups is 1. The molecule has 0 radical (unpaired) electrons. The van der Waals surface area contributed by atoms with Crippen LogP contribution in [0.1, 0.15) is 29.5 Å². The van der Waals surface area contributed by atoms with Gasteiger partial charge in [-0.3, -0.25) is 0 Å². The van der Waals surface area contributed by atoms with Gasteiger partial charge < -0.3 is 9.84 Å². The van der Waals surface area contributed by atoms with Gasteiger partial charge in [0.05, 0.1) is 12.7 Å². The minimum atomic E-state index is -0.268. The van der Waals surface area contributed by atoms with E-state index in [4.69, 9.17) is 4.74 Å².